The van der Waals surface area contributed by atoms with E-state index in [0.717, 1.165) is 37.0 Å². The lowest BCUT2D eigenvalue weighted by Gasteiger charge is -2.09. The molecule has 0 atom stereocenters. The first kappa shape index (κ1) is 12.1. The number of hydrogen-bond acceptors (Lipinski definition) is 5. The lowest BCUT2D eigenvalue weighted by molar-refractivity contribution is 0.198. The highest BCUT2D eigenvalue weighted by atomic mass is 16.5. The molecule has 1 aromatic rings. The van der Waals surface area contributed by atoms with Gasteiger partial charge >= 0.3 is 0 Å². The fourth-order valence-electron chi connectivity index (χ4n) is 1.64. The first-order valence-electron chi connectivity index (χ1n) is 6.13. The fraction of sp³-hybridized carbons (Fsp3) is 0.667. The van der Waals surface area contributed by atoms with Crippen LogP contribution in [0.1, 0.15) is 31.0 Å². The summed E-state index contributed by atoms with van der Waals surface area (Å²) in [4.78, 5) is 9.01. The molecule has 0 aromatic carbocycles. The Bertz CT molecular complexity index is 366. The van der Waals surface area contributed by atoms with E-state index in [9.17, 15) is 0 Å². The van der Waals surface area contributed by atoms with Crippen LogP contribution >= 0.6 is 0 Å². The molecule has 5 nitrogen and oxygen atoms in total. The number of ether oxygens (including phenoxy) is 1. The molecule has 5 heteroatoms. The van der Waals surface area contributed by atoms with Gasteiger partial charge in [0.05, 0.1) is 0 Å². The number of aromatic nitrogens is 2. The van der Waals surface area contributed by atoms with Gasteiger partial charge in [-0.25, -0.2) is 9.97 Å². The number of hydrogen-bond donors (Lipinski definition) is 2. The molecule has 17 heavy (non-hydrogen) atoms. The minimum absolute atomic E-state index is 0.572. The van der Waals surface area contributed by atoms with Crippen molar-refractivity contribution in [3.8, 4) is 0 Å². The number of methoxy groups -OCH3 is 1. The van der Waals surface area contributed by atoms with E-state index in [1.165, 1.54) is 12.8 Å². The average molecular weight is 236 g/mol. The Morgan fingerprint density at radius 3 is 2.76 bits per heavy atom. The summed E-state index contributed by atoms with van der Waals surface area (Å²) in [7, 11) is 3.60. The summed E-state index contributed by atoms with van der Waals surface area (Å²) in [5.41, 5.74) is 0. The molecule has 1 fully saturated rings. The molecule has 1 saturated carbocycles. The Balaban J connectivity index is 1.97. The molecule has 0 saturated heterocycles. The van der Waals surface area contributed by atoms with Crippen LogP contribution < -0.4 is 10.6 Å². The van der Waals surface area contributed by atoms with Gasteiger partial charge in [0.25, 0.3) is 0 Å². The van der Waals surface area contributed by atoms with Crippen molar-refractivity contribution in [2.24, 2.45) is 0 Å². The molecule has 0 unspecified atom stereocenters. The maximum absolute atomic E-state index is 5.01. The smallest absolute Gasteiger partial charge is 0.136 e. The summed E-state index contributed by atoms with van der Waals surface area (Å²) in [6.07, 6.45) is 3.42. The van der Waals surface area contributed by atoms with Crippen LogP contribution in [-0.4, -0.2) is 37.3 Å². The zero-order valence-electron chi connectivity index (χ0n) is 10.5. The van der Waals surface area contributed by atoms with Gasteiger partial charge in [-0.15, -0.1) is 0 Å². The normalized spacial score (nSPS) is 14.7. The van der Waals surface area contributed by atoms with Gasteiger partial charge in [0.15, 0.2) is 0 Å². The van der Waals surface area contributed by atoms with Crippen LogP contribution in [0.3, 0.4) is 0 Å². The second-order valence-corrected chi connectivity index (χ2v) is 4.29. The predicted molar refractivity (Wildman–Crippen MR) is 68.5 cm³/mol. The number of anilines is 2. The van der Waals surface area contributed by atoms with E-state index >= 15 is 0 Å². The van der Waals surface area contributed by atoms with E-state index in [-0.39, 0.29) is 0 Å². The van der Waals surface area contributed by atoms with Gasteiger partial charge < -0.3 is 15.4 Å². The predicted octanol–water partition coefficient (Wildman–Crippen LogP) is 1.84. The van der Waals surface area contributed by atoms with Crippen molar-refractivity contribution in [1.29, 1.82) is 0 Å². The Morgan fingerprint density at radius 1 is 1.35 bits per heavy atom. The zero-order chi connectivity index (χ0) is 12.1. The minimum atomic E-state index is 0.572. The topological polar surface area (TPSA) is 59.1 Å². The second-order valence-electron chi connectivity index (χ2n) is 4.29. The van der Waals surface area contributed by atoms with Crippen molar-refractivity contribution in [3.63, 3.8) is 0 Å². The summed E-state index contributed by atoms with van der Waals surface area (Å²) in [6, 6.07) is 1.94. The largest absolute Gasteiger partial charge is 0.385 e. The van der Waals surface area contributed by atoms with Gasteiger partial charge in [-0.2, -0.15) is 0 Å². The molecule has 2 rings (SSSR count). The van der Waals surface area contributed by atoms with E-state index in [1.54, 1.807) is 7.11 Å². The van der Waals surface area contributed by atoms with Gasteiger partial charge in [-0.05, 0) is 19.3 Å². The molecule has 0 bridgehead atoms. The molecule has 0 amide bonds. The third-order valence-corrected chi connectivity index (χ3v) is 2.77. The first-order chi connectivity index (χ1) is 8.33. The Kier molecular flexibility index (Phi) is 4.14. The van der Waals surface area contributed by atoms with E-state index in [4.69, 9.17) is 4.74 Å². The highest BCUT2D eigenvalue weighted by molar-refractivity contribution is 5.47. The van der Waals surface area contributed by atoms with Gasteiger partial charge in [-0.1, -0.05) is 0 Å². The monoisotopic (exact) mass is 236 g/mol. The third-order valence-electron chi connectivity index (χ3n) is 2.77. The number of nitrogens with one attached hydrogen (secondary N) is 2. The van der Waals surface area contributed by atoms with E-state index in [1.807, 2.05) is 13.1 Å². The van der Waals surface area contributed by atoms with Crippen molar-refractivity contribution in [1.82, 2.24) is 9.97 Å². The van der Waals surface area contributed by atoms with Crippen LogP contribution in [0.4, 0.5) is 11.6 Å². The molecule has 94 valence electrons. The summed E-state index contributed by atoms with van der Waals surface area (Å²) in [5.74, 6) is 3.33. The van der Waals surface area contributed by atoms with Crippen LogP contribution in [-0.2, 0) is 4.74 Å². The van der Waals surface area contributed by atoms with E-state index in [2.05, 4.69) is 20.6 Å². The molecule has 0 radical (unpaired) electrons. The Labute approximate surface area is 102 Å². The lowest BCUT2D eigenvalue weighted by atomic mass is 10.3. The van der Waals surface area contributed by atoms with Crippen LogP contribution in [0.5, 0.6) is 0 Å². The Hall–Kier alpha value is -1.36. The van der Waals surface area contributed by atoms with Crippen molar-refractivity contribution in [2.75, 3.05) is 37.9 Å². The highest BCUT2D eigenvalue weighted by Crippen LogP contribution is 2.38. The molecule has 0 spiro atoms. The molecule has 2 N–H and O–H groups in total. The number of rotatable bonds is 7. The maximum Gasteiger partial charge on any atom is 0.136 e. The second kappa shape index (κ2) is 5.82. The van der Waals surface area contributed by atoms with Gasteiger partial charge in [0, 0.05) is 39.3 Å². The van der Waals surface area contributed by atoms with Gasteiger partial charge in [0.2, 0.25) is 0 Å². The zero-order valence-corrected chi connectivity index (χ0v) is 10.5. The summed E-state index contributed by atoms with van der Waals surface area (Å²) in [6.45, 7) is 1.64. The third kappa shape index (κ3) is 3.56. The van der Waals surface area contributed by atoms with E-state index in [0.29, 0.717) is 5.92 Å². The van der Waals surface area contributed by atoms with Crippen molar-refractivity contribution >= 4 is 11.6 Å². The van der Waals surface area contributed by atoms with Crippen LogP contribution in [0.15, 0.2) is 6.07 Å². The minimum Gasteiger partial charge on any atom is -0.385 e. The molecular weight excluding hydrogens is 216 g/mol. The number of nitrogens with zero attached hydrogens (tertiary/aromatic N) is 2. The molecule has 1 heterocycles. The standard InChI is InChI=1S/C12H20N4O/c1-13-10-8-11(14-6-3-7-17-2)16-12(15-10)9-4-5-9/h8-9H,3-7H2,1-2H3,(H2,13,14,15,16). The van der Waals surface area contributed by atoms with Gasteiger partial charge in [0.1, 0.15) is 17.5 Å². The maximum atomic E-state index is 5.01. The first-order valence-corrected chi connectivity index (χ1v) is 6.13. The SMILES string of the molecule is CNc1cc(NCCCOC)nc(C2CC2)n1. The van der Waals surface area contributed by atoms with E-state index < -0.39 is 0 Å². The quantitative estimate of drug-likeness (QED) is 0.707. The average Bonchev–Trinajstić information content (AvgIpc) is 3.18. The van der Waals surface area contributed by atoms with Gasteiger partial charge in [-0.3, -0.25) is 0 Å². The molecular formula is C12H20N4O. The highest BCUT2D eigenvalue weighted by Gasteiger charge is 2.27. The van der Waals surface area contributed by atoms with Crippen LogP contribution in [0.2, 0.25) is 0 Å². The molecule has 1 aliphatic carbocycles. The van der Waals surface area contributed by atoms with Crippen LogP contribution in [0, 0.1) is 0 Å². The molecule has 1 aliphatic rings. The van der Waals surface area contributed by atoms with Crippen molar-refractivity contribution in [3.05, 3.63) is 11.9 Å². The lowest BCUT2D eigenvalue weighted by Crippen LogP contribution is -2.08. The van der Waals surface area contributed by atoms with Crippen LogP contribution in [0.25, 0.3) is 0 Å². The summed E-state index contributed by atoms with van der Waals surface area (Å²) >= 11 is 0. The van der Waals surface area contributed by atoms with Crippen molar-refractivity contribution in [2.45, 2.75) is 25.2 Å². The van der Waals surface area contributed by atoms with Crippen molar-refractivity contribution < 1.29 is 4.74 Å². The fourth-order valence-corrected chi connectivity index (χ4v) is 1.64. The molecule has 1 aromatic heterocycles. The summed E-state index contributed by atoms with van der Waals surface area (Å²) < 4.78 is 5.01. The summed E-state index contributed by atoms with van der Waals surface area (Å²) in [5, 5.41) is 6.38. The molecule has 0 aliphatic heterocycles. The Morgan fingerprint density at radius 2 is 2.12 bits per heavy atom.